The molecule has 0 N–H and O–H groups in total. The van der Waals surface area contributed by atoms with E-state index in [4.69, 9.17) is 13.9 Å². The molecule has 0 radical (unpaired) electrons. The maximum absolute atomic E-state index is 13.0. The van der Waals surface area contributed by atoms with Crippen molar-refractivity contribution in [2.24, 2.45) is 5.92 Å². The SMILES string of the molecule is CCOC(=O)C1CCN(C(=O)C(C)OC(=O)CCc2ncc(-c3ccc(F)cc3)o2)CC1. The molecular formula is C23H27FN2O6. The quantitative estimate of drug-likeness (QED) is 0.575. The Kier molecular flexibility index (Phi) is 7.97. The van der Waals surface area contributed by atoms with Crippen LogP contribution in [-0.4, -0.2) is 53.5 Å². The van der Waals surface area contributed by atoms with Crippen molar-refractivity contribution in [2.45, 2.75) is 45.6 Å². The Morgan fingerprint density at radius 2 is 1.91 bits per heavy atom. The molecule has 0 saturated carbocycles. The number of carbonyl (C=O) groups is 3. The van der Waals surface area contributed by atoms with Crippen LogP contribution in [0.5, 0.6) is 0 Å². The van der Waals surface area contributed by atoms with Crippen LogP contribution in [-0.2, 0) is 30.3 Å². The van der Waals surface area contributed by atoms with Crippen LogP contribution in [0.3, 0.4) is 0 Å². The minimum Gasteiger partial charge on any atom is -0.466 e. The van der Waals surface area contributed by atoms with Gasteiger partial charge in [0, 0.05) is 25.1 Å². The lowest BCUT2D eigenvalue weighted by Gasteiger charge is -2.32. The predicted molar refractivity (Wildman–Crippen MR) is 112 cm³/mol. The molecule has 172 valence electrons. The van der Waals surface area contributed by atoms with Gasteiger partial charge in [0.15, 0.2) is 17.8 Å². The van der Waals surface area contributed by atoms with Crippen molar-refractivity contribution in [3.8, 4) is 11.3 Å². The number of hydrogen-bond acceptors (Lipinski definition) is 7. The molecule has 1 atom stereocenters. The van der Waals surface area contributed by atoms with Gasteiger partial charge in [-0.2, -0.15) is 0 Å². The van der Waals surface area contributed by atoms with Crippen LogP contribution >= 0.6 is 0 Å². The summed E-state index contributed by atoms with van der Waals surface area (Å²) in [5.74, 6) is -0.762. The number of aromatic nitrogens is 1. The average Bonchev–Trinajstić information content (AvgIpc) is 3.27. The van der Waals surface area contributed by atoms with Crippen LogP contribution in [0, 0.1) is 11.7 Å². The van der Waals surface area contributed by atoms with Gasteiger partial charge in [0.25, 0.3) is 5.91 Å². The first-order valence-corrected chi connectivity index (χ1v) is 10.7. The summed E-state index contributed by atoms with van der Waals surface area (Å²) in [6.45, 7) is 4.49. The average molecular weight is 446 g/mol. The zero-order chi connectivity index (χ0) is 23.1. The normalized spacial score (nSPS) is 15.3. The topological polar surface area (TPSA) is 98.9 Å². The van der Waals surface area contributed by atoms with Crippen molar-refractivity contribution >= 4 is 17.8 Å². The molecule has 1 aliphatic heterocycles. The lowest BCUT2D eigenvalue weighted by atomic mass is 9.97. The van der Waals surface area contributed by atoms with E-state index in [0.29, 0.717) is 49.8 Å². The standard InChI is InChI=1S/C23H27FN2O6/c1-3-30-23(29)17-10-12-26(13-11-17)22(28)15(2)31-21(27)9-8-20-25-14-19(32-20)16-4-6-18(24)7-5-16/h4-7,14-15,17H,3,8-13H2,1-2H3. The number of amides is 1. The van der Waals surface area contributed by atoms with Gasteiger partial charge in [0.05, 0.1) is 25.1 Å². The monoisotopic (exact) mass is 446 g/mol. The van der Waals surface area contributed by atoms with E-state index in [2.05, 4.69) is 4.98 Å². The van der Waals surface area contributed by atoms with E-state index in [1.54, 1.807) is 24.0 Å². The molecule has 1 aliphatic rings. The van der Waals surface area contributed by atoms with E-state index in [-0.39, 0.29) is 36.5 Å². The zero-order valence-corrected chi connectivity index (χ0v) is 18.2. The van der Waals surface area contributed by atoms with Gasteiger partial charge in [0.1, 0.15) is 5.82 Å². The number of carbonyl (C=O) groups excluding carboxylic acids is 3. The third kappa shape index (κ3) is 6.15. The molecular weight excluding hydrogens is 419 g/mol. The molecule has 2 heterocycles. The summed E-state index contributed by atoms with van der Waals surface area (Å²) >= 11 is 0. The largest absolute Gasteiger partial charge is 0.466 e. The molecule has 0 aliphatic carbocycles. The van der Waals surface area contributed by atoms with Gasteiger partial charge in [-0.3, -0.25) is 14.4 Å². The maximum Gasteiger partial charge on any atom is 0.309 e. The van der Waals surface area contributed by atoms with Crippen LogP contribution < -0.4 is 0 Å². The molecule has 1 amide bonds. The molecule has 1 unspecified atom stereocenters. The van der Waals surface area contributed by atoms with Gasteiger partial charge in [-0.15, -0.1) is 0 Å². The highest BCUT2D eigenvalue weighted by Gasteiger charge is 2.31. The number of esters is 2. The molecule has 1 fully saturated rings. The first-order valence-electron chi connectivity index (χ1n) is 10.7. The Balaban J connectivity index is 1.42. The highest BCUT2D eigenvalue weighted by atomic mass is 19.1. The second-order valence-electron chi connectivity index (χ2n) is 7.61. The van der Waals surface area contributed by atoms with E-state index < -0.39 is 12.1 Å². The minimum atomic E-state index is -0.916. The van der Waals surface area contributed by atoms with Crippen molar-refractivity contribution in [3.05, 3.63) is 42.2 Å². The third-order valence-electron chi connectivity index (χ3n) is 5.31. The zero-order valence-electron chi connectivity index (χ0n) is 18.2. The maximum atomic E-state index is 13.0. The number of ether oxygens (including phenoxy) is 2. The van der Waals surface area contributed by atoms with Crippen molar-refractivity contribution in [1.82, 2.24) is 9.88 Å². The molecule has 9 heteroatoms. The highest BCUT2D eigenvalue weighted by molar-refractivity contribution is 5.84. The van der Waals surface area contributed by atoms with Gasteiger partial charge in [-0.1, -0.05) is 0 Å². The van der Waals surface area contributed by atoms with Crippen molar-refractivity contribution in [2.75, 3.05) is 19.7 Å². The molecule has 32 heavy (non-hydrogen) atoms. The second kappa shape index (κ2) is 10.9. The number of aryl methyl sites for hydroxylation is 1. The summed E-state index contributed by atoms with van der Waals surface area (Å²) in [4.78, 5) is 42.3. The number of halogens is 1. The van der Waals surface area contributed by atoms with E-state index in [9.17, 15) is 18.8 Å². The van der Waals surface area contributed by atoms with E-state index in [0.717, 1.165) is 0 Å². The van der Waals surface area contributed by atoms with Crippen LogP contribution in [0.2, 0.25) is 0 Å². The first-order chi connectivity index (χ1) is 15.4. The number of benzene rings is 1. The minimum absolute atomic E-state index is 0.00588. The predicted octanol–water partition coefficient (Wildman–Crippen LogP) is 3.15. The number of nitrogens with zero attached hydrogens (tertiary/aromatic N) is 2. The van der Waals surface area contributed by atoms with Gasteiger partial charge >= 0.3 is 11.9 Å². The fourth-order valence-electron chi connectivity index (χ4n) is 3.54. The van der Waals surface area contributed by atoms with Gasteiger partial charge in [0.2, 0.25) is 0 Å². The van der Waals surface area contributed by atoms with Gasteiger partial charge < -0.3 is 18.8 Å². The fourth-order valence-corrected chi connectivity index (χ4v) is 3.54. The van der Waals surface area contributed by atoms with Crippen molar-refractivity contribution in [1.29, 1.82) is 0 Å². The smallest absolute Gasteiger partial charge is 0.309 e. The fraction of sp³-hybridized carbons (Fsp3) is 0.478. The van der Waals surface area contributed by atoms with Crippen LogP contribution in [0.25, 0.3) is 11.3 Å². The number of oxazole rings is 1. The molecule has 1 aromatic carbocycles. The third-order valence-corrected chi connectivity index (χ3v) is 5.31. The number of hydrogen-bond donors (Lipinski definition) is 0. The summed E-state index contributed by atoms with van der Waals surface area (Å²) in [5, 5.41) is 0. The van der Waals surface area contributed by atoms with E-state index in [1.807, 2.05) is 0 Å². The summed E-state index contributed by atoms with van der Waals surface area (Å²) < 4.78 is 28.9. The van der Waals surface area contributed by atoms with E-state index >= 15 is 0 Å². The summed E-state index contributed by atoms with van der Waals surface area (Å²) in [6.07, 6.45) is 1.89. The molecule has 0 bridgehead atoms. The van der Waals surface area contributed by atoms with Gasteiger partial charge in [-0.05, 0) is 51.0 Å². The summed E-state index contributed by atoms with van der Waals surface area (Å²) in [6, 6.07) is 5.81. The number of rotatable bonds is 8. The van der Waals surface area contributed by atoms with Crippen LogP contribution in [0.15, 0.2) is 34.9 Å². The molecule has 1 aromatic heterocycles. The summed E-state index contributed by atoms with van der Waals surface area (Å²) in [5.41, 5.74) is 0.679. The Morgan fingerprint density at radius 3 is 2.56 bits per heavy atom. The Morgan fingerprint density at radius 1 is 1.22 bits per heavy atom. The molecule has 3 rings (SSSR count). The van der Waals surface area contributed by atoms with Gasteiger partial charge in [-0.25, -0.2) is 9.37 Å². The molecule has 8 nitrogen and oxygen atoms in total. The lowest BCUT2D eigenvalue weighted by Crippen LogP contribution is -2.45. The Labute approximate surface area is 185 Å². The second-order valence-corrected chi connectivity index (χ2v) is 7.61. The molecule has 2 aromatic rings. The van der Waals surface area contributed by atoms with Crippen LogP contribution in [0.4, 0.5) is 4.39 Å². The highest BCUT2D eigenvalue weighted by Crippen LogP contribution is 2.22. The first kappa shape index (κ1) is 23.4. The Hall–Kier alpha value is -3.23. The molecule has 0 spiro atoms. The van der Waals surface area contributed by atoms with E-state index in [1.165, 1.54) is 25.3 Å². The number of piperidine rings is 1. The van der Waals surface area contributed by atoms with Crippen molar-refractivity contribution < 1.29 is 32.7 Å². The number of likely N-dealkylation sites (tertiary alicyclic amines) is 1. The summed E-state index contributed by atoms with van der Waals surface area (Å²) in [7, 11) is 0. The van der Waals surface area contributed by atoms with Crippen molar-refractivity contribution in [3.63, 3.8) is 0 Å². The molecule has 1 saturated heterocycles. The van der Waals surface area contributed by atoms with Crippen LogP contribution in [0.1, 0.15) is 39.0 Å². The Bertz CT molecular complexity index is 934. The lowest BCUT2D eigenvalue weighted by molar-refractivity contribution is -0.160.